The average Bonchev–Trinajstić information content (AvgIpc) is 3.10. The zero-order valence-electron chi connectivity index (χ0n) is 15.3. The summed E-state index contributed by atoms with van der Waals surface area (Å²) in [5, 5.41) is 4.08. The molecule has 4 rings (SSSR count). The van der Waals surface area contributed by atoms with E-state index in [0.29, 0.717) is 37.6 Å². The summed E-state index contributed by atoms with van der Waals surface area (Å²) in [7, 11) is 0. The van der Waals surface area contributed by atoms with Gasteiger partial charge in [-0.3, -0.25) is 4.79 Å². The van der Waals surface area contributed by atoms with Crippen molar-refractivity contribution in [3.63, 3.8) is 0 Å². The molecule has 1 aromatic heterocycles. The molecule has 1 aliphatic heterocycles. The van der Waals surface area contributed by atoms with E-state index in [-0.39, 0.29) is 11.8 Å². The number of benzene rings is 2. The maximum absolute atomic E-state index is 12.3. The van der Waals surface area contributed by atoms with Crippen molar-refractivity contribution >= 4 is 5.91 Å². The Balaban J connectivity index is 1.22. The predicted octanol–water partition coefficient (Wildman–Crippen LogP) is 3.61. The van der Waals surface area contributed by atoms with Gasteiger partial charge in [0, 0.05) is 25.9 Å². The van der Waals surface area contributed by atoms with Gasteiger partial charge in [-0.25, -0.2) is 0 Å². The van der Waals surface area contributed by atoms with Gasteiger partial charge in [0.05, 0.1) is 5.92 Å². The standard InChI is InChI=1S/C22H23N3O2/c26-21(13-7-12-17-8-3-1-4-9-17)25-15-19(16-25)22-23-20(24-27-22)14-18-10-5-2-6-11-18/h1-6,8-11,19H,7,12-16H2. The maximum atomic E-state index is 12.3. The summed E-state index contributed by atoms with van der Waals surface area (Å²) in [5.41, 5.74) is 2.44. The first kappa shape index (κ1) is 17.5. The summed E-state index contributed by atoms with van der Waals surface area (Å²) >= 11 is 0. The van der Waals surface area contributed by atoms with Crippen LogP contribution < -0.4 is 0 Å². The first-order valence-corrected chi connectivity index (χ1v) is 9.46. The van der Waals surface area contributed by atoms with Gasteiger partial charge in [0.2, 0.25) is 11.8 Å². The molecule has 1 saturated heterocycles. The Hall–Kier alpha value is -2.95. The van der Waals surface area contributed by atoms with E-state index in [0.717, 1.165) is 18.4 Å². The van der Waals surface area contributed by atoms with Crippen LogP contribution >= 0.6 is 0 Å². The van der Waals surface area contributed by atoms with Crippen LogP contribution in [0.25, 0.3) is 0 Å². The van der Waals surface area contributed by atoms with Gasteiger partial charge in [-0.15, -0.1) is 0 Å². The SMILES string of the molecule is O=C(CCCc1ccccc1)N1CC(c2nc(Cc3ccccc3)no2)C1. The summed E-state index contributed by atoms with van der Waals surface area (Å²) in [6.45, 7) is 1.36. The summed E-state index contributed by atoms with van der Waals surface area (Å²) in [4.78, 5) is 18.7. The number of carbonyl (C=O) groups excluding carboxylic acids is 1. The Bertz CT molecular complexity index is 871. The van der Waals surface area contributed by atoms with E-state index < -0.39 is 0 Å². The van der Waals surface area contributed by atoms with E-state index in [2.05, 4.69) is 34.4 Å². The van der Waals surface area contributed by atoms with E-state index in [9.17, 15) is 4.79 Å². The maximum Gasteiger partial charge on any atom is 0.233 e. The molecule has 2 aromatic carbocycles. The molecular formula is C22H23N3O2. The van der Waals surface area contributed by atoms with Crippen molar-refractivity contribution in [3.05, 3.63) is 83.5 Å². The second kappa shape index (κ2) is 8.16. The molecule has 0 unspecified atom stereocenters. The molecule has 1 fully saturated rings. The highest BCUT2D eigenvalue weighted by molar-refractivity contribution is 5.77. The lowest BCUT2D eigenvalue weighted by Crippen LogP contribution is -2.48. The van der Waals surface area contributed by atoms with Gasteiger partial charge >= 0.3 is 0 Å². The van der Waals surface area contributed by atoms with Gasteiger partial charge in [-0.1, -0.05) is 65.8 Å². The third-order valence-corrected chi connectivity index (χ3v) is 4.97. The zero-order chi connectivity index (χ0) is 18.5. The van der Waals surface area contributed by atoms with Crippen molar-refractivity contribution in [1.29, 1.82) is 0 Å². The first-order valence-electron chi connectivity index (χ1n) is 9.46. The van der Waals surface area contributed by atoms with Crippen molar-refractivity contribution in [2.24, 2.45) is 0 Å². The van der Waals surface area contributed by atoms with Crippen LogP contribution in [0.5, 0.6) is 0 Å². The number of hydrogen-bond acceptors (Lipinski definition) is 4. The van der Waals surface area contributed by atoms with E-state index in [1.54, 1.807) is 0 Å². The third-order valence-electron chi connectivity index (χ3n) is 4.97. The monoisotopic (exact) mass is 361 g/mol. The number of amides is 1. The molecule has 0 atom stereocenters. The first-order chi connectivity index (χ1) is 13.3. The Morgan fingerprint density at radius 2 is 1.67 bits per heavy atom. The number of rotatable bonds is 7. The fourth-order valence-corrected chi connectivity index (χ4v) is 3.37. The van der Waals surface area contributed by atoms with Crippen molar-refractivity contribution in [2.45, 2.75) is 31.6 Å². The summed E-state index contributed by atoms with van der Waals surface area (Å²) in [5.74, 6) is 1.73. The molecule has 5 heteroatoms. The van der Waals surface area contributed by atoms with Gasteiger partial charge in [0.1, 0.15) is 0 Å². The minimum Gasteiger partial charge on any atom is -0.341 e. The lowest BCUT2D eigenvalue weighted by atomic mass is 9.99. The van der Waals surface area contributed by atoms with Crippen LogP contribution in [0.1, 0.15) is 41.6 Å². The quantitative estimate of drug-likeness (QED) is 0.645. The Labute approximate surface area is 159 Å². The minimum atomic E-state index is 0.167. The molecule has 1 amide bonds. The minimum absolute atomic E-state index is 0.167. The van der Waals surface area contributed by atoms with E-state index in [4.69, 9.17) is 4.52 Å². The average molecular weight is 361 g/mol. The summed E-state index contributed by atoms with van der Waals surface area (Å²) in [6, 6.07) is 20.4. The molecule has 0 radical (unpaired) electrons. The largest absolute Gasteiger partial charge is 0.341 e. The fourth-order valence-electron chi connectivity index (χ4n) is 3.37. The molecule has 0 bridgehead atoms. The highest BCUT2D eigenvalue weighted by atomic mass is 16.5. The molecule has 2 heterocycles. The molecule has 0 spiro atoms. The van der Waals surface area contributed by atoms with Gasteiger partial charge < -0.3 is 9.42 Å². The van der Waals surface area contributed by atoms with Crippen LogP contribution in [0.4, 0.5) is 0 Å². The molecule has 0 saturated carbocycles. The van der Waals surface area contributed by atoms with Gasteiger partial charge in [-0.05, 0) is 24.0 Å². The van der Waals surface area contributed by atoms with E-state index in [1.165, 1.54) is 5.56 Å². The van der Waals surface area contributed by atoms with Crippen LogP contribution in [0.15, 0.2) is 65.2 Å². The Kier molecular flexibility index (Phi) is 5.28. The molecule has 27 heavy (non-hydrogen) atoms. The van der Waals surface area contributed by atoms with Gasteiger partial charge in [0.15, 0.2) is 5.82 Å². The van der Waals surface area contributed by atoms with Gasteiger partial charge in [-0.2, -0.15) is 4.98 Å². The Morgan fingerprint density at radius 1 is 1.00 bits per heavy atom. The number of likely N-dealkylation sites (tertiary alicyclic amines) is 1. The number of aryl methyl sites for hydroxylation is 1. The normalized spacial score (nSPS) is 14.1. The summed E-state index contributed by atoms with van der Waals surface area (Å²) in [6.07, 6.45) is 3.08. The smallest absolute Gasteiger partial charge is 0.233 e. The van der Waals surface area contributed by atoms with Crippen LogP contribution in [0.3, 0.4) is 0 Å². The van der Waals surface area contributed by atoms with Gasteiger partial charge in [0.25, 0.3) is 0 Å². The molecule has 0 aliphatic carbocycles. The van der Waals surface area contributed by atoms with Crippen LogP contribution in [-0.2, 0) is 17.6 Å². The second-order valence-electron chi connectivity index (χ2n) is 7.05. The van der Waals surface area contributed by atoms with Crippen molar-refractivity contribution < 1.29 is 9.32 Å². The van der Waals surface area contributed by atoms with Crippen molar-refractivity contribution in [2.75, 3.05) is 13.1 Å². The highest BCUT2D eigenvalue weighted by Gasteiger charge is 2.35. The van der Waals surface area contributed by atoms with Crippen molar-refractivity contribution in [3.8, 4) is 0 Å². The molecular weight excluding hydrogens is 338 g/mol. The number of aromatic nitrogens is 2. The zero-order valence-corrected chi connectivity index (χ0v) is 15.3. The van der Waals surface area contributed by atoms with Crippen LogP contribution in [-0.4, -0.2) is 34.0 Å². The molecule has 1 aliphatic rings. The highest BCUT2D eigenvalue weighted by Crippen LogP contribution is 2.27. The lowest BCUT2D eigenvalue weighted by molar-refractivity contribution is -0.136. The molecule has 5 nitrogen and oxygen atoms in total. The predicted molar refractivity (Wildman–Crippen MR) is 102 cm³/mol. The number of nitrogens with zero attached hydrogens (tertiary/aromatic N) is 3. The fraction of sp³-hybridized carbons (Fsp3) is 0.318. The molecule has 3 aromatic rings. The number of carbonyl (C=O) groups is 1. The number of hydrogen-bond donors (Lipinski definition) is 0. The van der Waals surface area contributed by atoms with Crippen LogP contribution in [0, 0.1) is 0 Å². The second-order valence-corrected chi connectivity index (χ2v) is 7.05. The van der Waals surface area contributed by atoms with Crippen molar-refractivity contribution in [1.82, 2.24) is 15.0 Å². The molecule has 138 valence electrons. The topological polar surface area (TPSA) is 59.2 Å². The third kappa shape index (κ3) is 4.42. The lowest BCUT2D eigenvalue weighted by Gasteiger charge is -2.37. The van der Waals surface area contributed by atoms with E-state index >= 15 is 0 Å². The Morgan fingerprint density at radius 3 is 2.37 bits per heavy atom. The van der Waals surface area contributed by atoms with E-state index in [1.807, 2.05) is 41.3 Å². The molecule has 0 N–H and O–H groups in total. The summed E-state index contributed by atoms with van der Waals surface area (Å²) < 4.78 is 5.41. The van der Waals surface area contributed by atoms with Crippen LogP contribution in [0.2, 0.25) is 0 Å².